The number of carbonyl (C=O) groups excluding carboxylic acids is 1. The van der Waals surface area contributed by atoms with Crippen molar-refractivity contribution in [2.24, 2.45) is 0 Å². The molecule has 5 nitrogen and oxygen atoms in total. The van der Waals surface area contributed by atoms with E-state index in [4.69, 9.17) is 0 Å². The molecule has 1 unspecified atom stereocenters. The summed E-state index contributed by atoms with van der Waals surface area (Å²) in [5.74, 6) is 1.26. The van der Waals surface area contributed by atoms with E-state index in [1.54, 1.807) is 0 Å². The molecule has 1 aliphatic rings. The average Bonchev–Trinajstić information content (AvgIpc) is 2.57. The van der Waals surface area contributed by atoms with Gasteiger partial charge < -0.3 is 10.6 Å². The Balaban J connectivity index is 2.13. The minimum Gasteiger partial charge on any atom is -0.354 e. The van der Waals surface area contributed by atoms with Crippen molar-refractivity contribution < 1.29 is 9.00 Å². The molecule has 2 N–H and O–H groups in total. The van der Waals surface area contributed by atoms with Crippen LogP contribution in [-0.4, -0.2) is 65.8 Å². The topological polar surface area (TPSA) is 61.4 Å². The van der Waals surface area contributed by atoms with Crippen LogP contribution in [0.15, 0.2) is 0 Å². The SMILES string of the molecule is CCS(=O)CCNC(=O)CN1CCCNCC1. The van der Waals surface area contributed by atoms with Gasteiger partial charge in [0.2, 0.25) is 5.91 Å². The van der Waals surface area contributed by atoms with Gasteiger partial charge in [-0.15, -0.1) is 0 Å². The molecular weight excluding hydrogens is 238 g/mol. The van der Waals surface area contributed by atoms with E-state index >= 15 is 0 Å². The lowest BCUT2D eigenvalue weighted by Crippen LogP contribution is -2.40. The average molecular weight is 261 g/mol. The highest BCUT2D eigenvalue weighted by molar-refractivity contribution is 7.84. The summed E-state index contributed by atoms with van der Waals surface area (Å²) in [6.45, 7) is 6.75. The fourth-order valence-electron chi connectivity index (χ4n) is 1.77. The zero-order valence-corrected chi connectivity index (χ0v) is 11.4. The predicted octanol–water partition coefficient (Wildman–Crippen LogP) is -0.833. The van der Waals surface area contributed by atoms with Crippen LogP contribution in [-0.2, 0) is 15.6 Å². The Labute approximate surface area is 106 Å². The van der Waals surface area contributed by atoms with E-state index in [-0.39, 0.29) is 5.91 Å². The normalized spacial score (nSPS) is 19.6. The third-order valence-electron chi connectivity index (χ3n) is 2.77. The van der Waals surface area contributed by atoms with Crippen molar-refractivity contribution in [2.45, 2.75) is 13.3 Å². The number of nitrogens with zero attached hydrogens (tertiary/aromatic N) is 1. The summed E-state index contributed by atoms with van der Waals surface area (Å²) >= 11 is 0. The van der Waals surface area contributed by atoms with Crippen molar-refractivity contribution in [3.8, 4) is 0 Å². The zero-order valence-electron chi connectivity index (χ0n) is 10.5. The highest BCUT2D eigenvalue weighted by atomic mass is 32.2. The number of amides is 1. The van der Waals surface area contributed by atoms with E-state index in [9.17, 15) is 9.00 Å². The molecule has 100 valence electrons. The van der Waals surface area contributed by atoms with E-state index in [0.717, 1.165) is 32.6 Å². The molecule has 1 saturated heterocycles. The lowest BCUT2D eigenvalue weighted by Gasteiger charge is -2.18. The van der Waals surface area contributed by atoms with Gasteiger partial charge in [0, 0.05) is 41.9 Å². The Morgan fingerprint density at radius 2 is 2.24 bits per heavy atom. The maximum Gasteiger partial charge on any atom is 0.234 e. The second kappa shape index (κ2) is 8.60. The minimum atomic E-state index is -0.791. The molecule has 0 aromatic carbocycles. The second-order valence-corrected chi connectivity index (χ2v) is 6.03. The summed E-state index contributed by atoms with van der Waals surface area (Å²) in [5, 5.41) is 6.12. The van der Waals surface area contributed by atoms with Crippen molar-refractivity contribution in [1.29, 1.82) is 0 Å². The molecule has 17 heavy (non-hydrogen) atoms. The highest BCUT2D eigenvalue weighted by Crippen LogP contribution is 1.94. The Bertz CT molecular complexity index is 253. The van der Waals surface area contributed by atoms with Crippen LogP contribution in [0, 0.1) is 0 Å². The summed E-state index contributed by atoms with van der Waals surface area (Å²) < 4.78 is 11.2. The summed E-state index contributed by atoms with van der Waals surface area (Å²) in [7, 11) is -0.791. The standard InChI is InChI=1S/C11H23N3O2S/c1-2-17(16)9-6-13-11(15)10-14-7-3-4-12-5-8-14/h12H,2-10H2,1H3,(H,13,15). The molecule has 1 fully saturated rings. The van der Waals surface area contributed by atoms with Crippen LogP contribution in [0.3, 0.4) is 0 Å². The van der Waals surface area contributed by atoms with E-state index < -0.39 is 10.8 Å². The van der Waals surface area contributed by atoms with E-state index in [1.165, 1.54) is 0 Å². The van der Waals surface area contributed by atoms with Gasteiger partial charge >= 0.3 is 0 Å². The van der Waals surface area contributed by atoms with Crippen molar-refractivity contribution in [3.05, 3.63) is 0 Å². The smallest absolute Gasteiger partial charge is 0.234 e. The maximum absolute atomic E-state index is 11.6. The van der Waals surface area contributed by atoms with Gasteiger partial charge in [0.1, 0.15) is 0 Å². The molecule has 1 amide bonds. The van der Waals surface area contributed by atoms with Gasteiger partial charge in [0.25, 0.3) is 0 Å². The summed E-state index contributed by atoms with van der Waals surface area (Å²) in [6, 6.07) is 0. The molecule has 0 saturated carbocycles. The Hall–Kier alpha value is -0.460. The fraction of sp³-hybridized carbons (Fsp3) is 0.909. The van der Waals surface area contributed by atoms with Crippen molar-refractivity contribution in [3.63, 3.8) is 0 Å². The number of hydrogen-bond acceptors (Lipinski definition) is 4. The predicted molar refractivity (Wildman–Crippen MR) is 70.5 cm³/mol. The van der Waals surface area contributed by atoms with E-state index in [2.05, 4.69) is 15.5 Å². The molecule has 0 spiro atoms. The second-order valence-electron chi connectivity index (χ2n) is 4.16. The van der Waals surface area contributed by atoms with Gasteiger partial charge in [-0.1, -0.05) is 6.92 Å². The lowest BCUT2D eigenvalue weighted by molar-refractivity contribution is -0.122. The van der Waals surface area contributed by atoms with Gasteiger partial charge in [-0.2, -0.15) is 0 Å². The Kier molecular flexibility index (Phi) is 7.39. The molecular formula is C11H23N3O2S. The van der Waals surface area contributed by atoms with Crippen LogP contribution in [0.25, 0.3) is 0 Å². The number of hydrogen-bond donors (Lipinski definition) is 2. The molecule has 6 heteroatoms. The molecule has 0 aromatic rings. The van der Waals surface area contributed by atoms with Crippen LogP contribution in [0.2, 0.25) is 0 Å². The van der Waals surface area contributed by atoms with Crippen LogP contribution < -0.4 is 10.6 Å². The first kappa shape index (κ1) is 14.6. The first-order valence-electron chi connectivity index (χ1n) is 6.27. The van der Waals surface area contributed by atoms with Gasteiger partial charge in [-0.25, -0.2) is 0 Å². The van der Waals surface area contributed by atoms with Gasteiger partial charge in [0.15, 0.2) is 0 Å². The monoisotopic (exact) mass is 261 g/mol. The third-order valence-corrected chi connectivity index (χ3v) is 4.08. The number of rotatable bonds is 6. The van der Waals surface area contributed by atoms with E-state index in [0.29, 0.717) is 24.6 Å². The molecule has 1 atom stereocenters. The lowest BCUT2D eigenvalue weighted by atomic mass is 10.4. The Morgan fingerprint density at radius 1 is 1.41 bits per heavy atom. The molecule has 0 radical (unpaired) electrons. The van der Waals surface area contributed by atoms with E-state index in [1.807, 2.05) is 6.92 Å². The highest BCUT2D eigenvalue weighted by Gasteiger charge is 2.12. The first-order valence-corrected chi connectivity index (χ1v) is 7.76. The van der Waals surface area contributed by atoms with Gasteiger partial charge in [-0.05, 0) is 19.5 Å². The number of nitrogens with one attached hydrogen (secondary N) is 2. The molecule has 1 aliphatic heterocycles. The summed E-state index contributed by atoms with van der Waals surface area (Å²) in [6.07, 6.45) is 1.09. The van der Waals surface area contributed by atoms with Gasteiger partial charge in [0.05, 0.1) is 6.54 Å². The minimum absolute atomic E-state index is 0.0417. The van der Waals surface area contributed by atoms with Crippen molar-refractivity contribution in [2.75, 3.05) is 50.8 Å². The molecule has 0 aliphatic carbocycles. The fourth-order valence-corrected chi connectivity index (χ4v) is 2.39. The summed E-state index contributed by atoms with van der Waals surface area (Å²) in [4.78, 5) is 13.8. The van der Waals surface area contributed by atoms with Crippen LogP contribution in [0.4, 0.5) is 0 Å². The van der Waals surface area contributed by atoms with Crippen molar-refractivity contribution in [1.82, 2.24) is 15.5 Å². The molecule has 1 heterocycles. The molecule has 1 rings (SSSR count). The quantitative estimate of drug-likeness (QED) is 0.655. The van der Waals surface area contributed by atoms with Gasteiger partial charge in [-0.3, -0.25) is 13.9 Å². The Morgan fingerprint density at radius 3 is 3.00 bits per heavy atom. The number of carbonyl (C=O) groups is 1. The van der Waals surface area contributed by atoms with Crippen molar-refractivity contribution >= 4 is 16.7 Å². The van der Waals surface area contributed by atoms with Crippen LogP contribution >= 0.6 is 0 Å². The van der Waals surface area contributed by atoms with Crippen LogP contribution in [0.1, 0.15) is 13.3 Å². The van der Waals surface area contributed by atoms with Crippen LogP contribution in [0.5, 0.6) is 0 Å². The third kappa shape index (κ3) is 6.75. The first-order chi connectivity index (χ1) is 8.22. The molecule has 0 aromatic heterocycles. The zero-order chi connectivity index (χ0) is 12.5. The molecule has 0 bridgehead atoms. The summed E-state index contributed by atoms with van der Waals surface area (Å²) in [5.41, 5.74) is 0. The largest absolute Gasteiger partial charge is 0.354 e. The maximum atomic E-state index is 11.6.